The molecule has 0 aliphatic carbocycles. The molecule has 10 heteroatoms. The van der Waals surface area contributed by atoms with Gasteiger partial charge >= 0.3 is 17.5 Å². The Morgan fingerprint density at radius 3 is 2.50 bits per heavy atom. The third kappa shape index (κ3) is 7.55. The number of carbonyl (C=O) groups is 2. The van der Waals surface area contributed by atoms with Crippen LogP contribution >= 0.6 is 11.8 Å². The number of ether oxygens (including phenoxy) is 1. The highest BCUT2D eigenvalue weighted by Crippen LogP contribution is 2.37. The molecule has 0 saturated heterocycles. The first kappa shape index (κ1) is 21.7. The first-order valence-electron chi connectivity index (χ1n) is 8.36. The Morgan fingerprint density at radius 2 is 1.93 bits per heavy atom. The Bertz CT molecular complexity index is 764. The van der Waals surface area contributed by atoms with Crippen molar-refractivity contribution < 1.29 is 31.9 Å². The van der Waals surface area contributed by atoms with Gasteiger partial charge in [0.15, 0.2) is 0 Å². The number of hydrogen-bond donors (Lipinski definition) is 1. The Labute approximate surface area is 164 Å². The highest BCUT2D eigenvalue weighted by Gasteiger charge is 2.29. The molecule has 28 heavy (non-hydrogen) atoms. The molecule has 0 aliphatic rings. The fourth-order valence-corrected chi connectivity index (χ4v) is 2.78. The molecule has 6 nitrogen and oxygen atoms in total. The second-order valence-electron chi connectivity index (χ2n) is 5.56. The number of benzene rings is 1. The summed E-state index contributed by atoms with van der Waals surface area (Å²) in [7, 11) is 0. The number of thioether (sulfide) groups is 1. The van der Waals surface area contributed by atoms with Crippen LogP contribution in [-0.4, -0.2) is 35.6 Å². The zero-order valence-electron chi connectivity index (χ0n) is 15.0. The van der Waals surface area contributed by atoms with E-state index in [1.807, 2.05) is 0 Å². The summed E-state index contributed by atoms with van der Waals surface area (Å²) in [5, 5.41) is 2.60. The SMILES string of the molecule is CCOC(=O)CCN(Cc1ccco1)C(=O)Nc1ccc(SC(F)(F)F)cc1. The predicted molar refractivity (Wildman–Crippen MR) is 97.7 cm³/mol. The van der Waals surface area contributed by atoms with Gasteiger partial charge in [-0.2, -0.15) is 13.2 Å². The molecule has 0 spiro atoms. The van der Waals surface area contributed by atoms with Crippen molar-refractivity contribution in [2.75, 3.05) is 18.5 Å². The van der Waals surface area contributed by atoms with Gasteiger partial charge in [-0.3, -0.25) is 4.79 Å². The Hall–Kier alpha value is -2.62. The molecular weight excluding hydrogens is 397 g/mol. The number of hydrogen-bond acceptors (Lipinski definition) is 5. The quantitative estimate of drug-likeness (QED) is 0.491. The van der Waals surface area contributed by atoms with Gasteiger partial charge in [0.25, 0.3) is 0 Å². The number of anilines is 1. The largest absolute Gasteiger partial charge is 0.467 e. The zero-order valence-corrected chi connectivity index (χ0v) is 15.8. The number of halogens is 3. The van der Waals surface area contributed by atoms with Gasteiger partial charge in [0.05, 0.1) is 25.8 Å². The molecule has 0 aliphatic heterocycles. The topological polar surface area (TPSA) is 71.8 Å². The monoisotopic (exact) mass is 416 g/mol. The van der Waals surface area contributed by atoms with Gasteiger partial charge < -0.3 is 19.4 Å². The second kappa shape index (κ2) is 10.1. The summed E-state index contributed by atoms with van der Waals surface area (Å²) in [5.74, 6) is 0.0872. The second-order valence-corrected chi connectivity index (χ2v) is 6.70. The normalized spacial score (nSPS) is 11.1. The Kier molecular flexibility index (Phi) is 7.80. The van der Waals surface area contributed by atoms with Crippen LogP contribution in [0.5, 0.6) is 0 Å². The molecule has 1 N–H and O–H groups in total. The van der Waals surface area contributed by atoms with Crippen LogP contribution < -0.4 is 5.32 Å². The van der Waals surface area contributed by atoms with Crippen molar-refractivity contribution in [2.45, 2.75) is 30.3 Å². The highest BCUT2D eigenvalue weighted by molar-refractivity contribution is 8.00. The number of alkyl halides is 3. The lowest BCUT2D eigenvalue weighted by Gasteiger charge is -2.22. The summed E-state index contributed by atoms with van der Waals surface area (Å²) < 4.78 is 47.2. The molecule has 1 aromatic carbocycles. The van der Waals surface area contributed by atoms with Crippen molar-refractivity contribution in [1.82, 2.24) is 4.90 Å². The maximum absolute atomic E-state index is 12.6. The number of amides is 2. The van der Waals surface area contributed by atoms with Crippen molar-refractivity contribution in [3.05, 3.63) is 48.4 Å². The van der Waals surface area contributed by atoms with Crippen molar-refractivity contribution >= 4 is 29.4 Å². The summed E-state index contributed by atoms with van der Waals surface area (Å²) in [6.45, 7) is 2.14. The van der Waals surface area contributed by atoms with Crippen LogP contribution in [0.4, 0.5) is 23.7 Å². The van der Waals surface area contributed by atoms with Crippen LogP contribution in [0, 0.1) is 0 Å². The first-order valence-corrected chi connectivity index (χ1v) is 9.18. The molecule has 0 saturated carbocycles. The van der Waals surface area contributed by atoms with E-state index < -0.39 is 17.5 Å². The molecule has 1 aromatic heterocycles. The number of carbonyl (C=O) groups excluding carboxylic acids is 2. The first-order chi connectivity index (χ1) is 13.3. The summed E-state index contributed by atoms with van der Waals surface area (Å²) in [6, 6.07) is 8.13. The van der Waals surface area contributed by atoms with Gasteiger partial charge in [0, 0.05) is 17.1 Å². The van der Waals surface area contributed by atoms with Crippen LogP contribution in [0.1, 0.15) is 19.1 Å². The van der Waals surface area contributed by atoms with Crippen molar-refractivity contribution in [3.8, 4) is 0 Å². The maximum atomic E-state index is 12.6. The minimum absolute atomic E-state index is 0.00310. The van der Waals surface area contributed by atoms with Gasteiger partial charge in [-0.25, -0.2) is 4.79 Å². The standard InChI is InChI=1S/C18H19F3N2O4S/c1-2-26-16(24)9-10-23(12-14-4-3-11-27-14)17(25)22-13-5-7-15(8-6-13)28-18(19,20)21/h3-8,11H,2,9-10,12H2,1H3,(H,22,25). The smallest absolute Gasteiger partial charge is 0.446 e. The van der Waals surface area contributed by atoms with Crippen molar-refractivity contribution in [2.24, 2.45) is 0 Å². The van der Waals surface area contributed by atoms with E-state index in [0.717, 1.165) is 0 Å². The van der Waals surface area contributed by atoms with E-state index in [0.29, 0.717) is 11.4 Å². The molecule has 0 atom stereocenters. The van der Waals surface area contributed by atoms with E-state index in [1.54, 1.807) is 19.1 Å². The number of nitrogens with zero attached hydrogens (tertiary/aromatic N) is 1. The van der Waals surface area contributed by atoms with E-state index in [4.69, 9.17) is 9.15 Å². The molecule has 2 amide bonds. The minimum Gasteiger partial charge on any atom is -0.467 e. The van der Waals surface area contributed by atoms with Gasteiger partial charge in [0.2, 0.25) is 0 Å². The third-order valence-corrected chi connectivity index (χ3v) is 4.18. The fourth-order valence-electron chi connectivity index (χ4n) is 2.24. The average molecular weight is 416 g/mol. The molecule has 0 radical (unpaired) electrons. The Morgan fingerprint density at radius 1 is 1.21 bits per heavy atom. The van der Waals surface area contributed by atoms with Crippen LogP contribution in [0.2, 0.25) is 0 Å². The van der Waals surface area contributed by atoms with Crippen molar-refractivity contribution in [3.63, 3.8) is 0 Å². The summed E-state index contributed by atoms with van der Waals surface area (Å²) >= 11 is -0.234. The van der Waals surface area contributed by atoms with Crippen LogP contribution in [0.15, 0.2) is 52.0 Å². The maximum Gasteiger partial charge on any atom is 0.446 e. The van der Waals surface area contributed by atoms with Gasteiger partial charge in [0.1, 0.15) is 5.76 Å². The van der Waals surface area contributed by atoms with Crippen LogP contribution in [0.3, 0.4) is 0 Å². The predicted octanol–water partition coefficient (Wildman–Crippen LogP) is 4.88. The number of furan rings is 1. The number of urea groups is 1. The summed E-state index contributed by atoms with van der Waals surface area (Å²) in [5.41, 5.74) is -4.05. The zero-order chi connectivity index (χ0) is 20.6. The van der Waals surface area contributed by atoms with E-state index in [9.17, 15) is 22.8 Å². The van der Waals surface area contributed by atoms with Crippen LogP contribution in [0.25, 0.3) is 0 Å². The van der Waals surface area contributed by atoms with Crippen LogP contribution in [-0.2, 0) is 16.1 Å². The molecule has 1 heterocycles. The Balaban J connectivity index is 2.01. The van der Waals surface area contributed by atoms with E-state index >= 15 is 0 Å². The molecule has 0 unspecified atom stereocenters. The fraction of sp³-hybridized carbons (Fsp3) is 0.333. The molecular formula is C18H19F3N2O4S. The molecule has 152 valence electrons. The lowest BCUT2D eigenvalue weighted by Crippen LogP contribution is -2.36. The van der Waals surface area contributed by atoms with Crippen molar-refractivity contribution in [1.29, 1.82) is 0 Å². The molecule has 2 rings (SSSR count). The molecule has 0 bridgehead atoms. The number of nitrogens with one attached hydrogen (secondary N) is 1. The minimum atomic E-state index is -4.38. The summed E-state index contributed by atoms with van der Waals surface area (Å²) in [6.07, 6.45) is 1.47. The van der Waals surface area contributed by atoms with E-state index in [1.165, 1.54) is 35.4 Å². The number of rotatable bonds is 8. The molecule has 2 aromatic rings. The third-order valence-electron chi connectivity index (χ3n) is 3.44. The summed E-state index contributed by atoms with van der Waals surface area (Å²) in [4.78, 5) is 25.5. The molecule has 0 fully saturated rings. The van der Waals surface area contributed by atoms with Gasteiger partial charge in [-0.1, -0.05) is 0 Å². The lowest BCUT2D eigenvalue weighted by molar-refractivity contribution is -0.143. The highest BCUT2D eigenvalue weighted by atomic mass is 32.2. The average Bonchev–Trinajstić information content (AvgIpc) is 3.12. The number of esters is 1. The van der Waals surface area contributed by atoms with E-state index in [2.05, 4.69) is 5.32 Å². The van der Waals surface area contributed by atoms with Gasteiger partial charge in [-0.15, -0.1) is 0 Å². The lowest BCUT2D eigenvalue weighted by atomic mass is 10.3. The van der Waals surface area contributed by atoms with Gasteiger partial charge in [-0.05, 0) is 55.1 Å². The van der Waals surface area contributed by atoms with E-state index in [-0.39, 0.29) is 42.8 Å².